The summed E-state index contributed by atoms with van der Waals surface area (Å²) in [5, 5.41) is 17.5. The van der Waals surface area contributed by atoms with Crippen molar-refractivity contribution in [2.24, 2.45) is 4.99 Å². The van der Waals surface area contributed by atoms with Gasteiger partial charge in [-0.3, -0.25) is 4.99 Å². The molecule has 0 amide bonds. The number of fused-ring (bicyclic) bond motifs is 1. The average molecular weight is 386 g/mol. The van der Waals surface area contributed by atoms with Gasteiger partial charge in [0.1, 0.15) is 17.7 Å². The zero-order valence-electron chi connectivity index (χ0n) is 15.7. The highest BCUT2D eigenvalue weighted by Crippen LogP contribution is 2.19. The van der Waals surface area contributed by atoms with Gasteiger partial charge in [-0.15, -0.1) is 0 Å². The van der Waals surface area contributed by atoms with E-state index in [4.69, 9.17) is 0 Å². The number of benzene rings is 2. The lowest BCUT2D eigenvalue weighted by atomic mass is 10.1. The summed E-state index contributed by atoms with van der Waals surface area (Å²) in [4.78, 5) is 7.42. The van der Waals surface area contributed by atoms with Crippen LogP contribution in [0.2, 0.25) is 0 Å². The monoisotopic (exact) mass is 386 g/mol. The number of nitrogens with one attached hydrogen (secondary N) is 3. The third kappa shape index (κ3) is 4.86. The predicted octanol–water partition coefficient (Wildman–Crippen LogP) is 3.28. The van der Waals surface area contributed by atoms with Gasteiger partial charge < -0.3 is 20.7 Å². The number of aliphatic hydroxyl groups is 1. The summed E-state index contributed by atoms with van der Waals surface area (Å²) in [7, 11) is 0. The van der Waals surface area contributed by atoms with Gasteiger partial charge in [0.2, 0.25) is 0 Å². The molecule has 0 aliphatic carbocycles. The Hall–Kier alpha value is -2.93. The Bertz CT molecular complexity index is 954. The third-order valence-electron chi connectivity index (χ3n) is 4.45. The first-order valence-electron chi connectivity index (χ1n) is 9.28. The molecule has 148 valence electrons. The van der Waals surface area contributed by atoms with E-state index >= 15 is 0 Å². The van der Waals surface area contributed by atoms with Crippen molar-refractivity contribution in [1.82, 2.24) is 15.6 Å². The van der Waals surface area contributed by atoms with Crippen LogP contribution >= 0.6 is 0 Å². The van der Waals surface area contributed by atoms with E-state index in [0.29, 0.717) is 25.5 Å². The van der Waals surface area contributed by atoms with Crippen molar-refractivity contribution in [3.8, 4) is 0 Å². The van der Waals surface area contributed by atoms with Crippen LogP contribution in [0.5, 0.6) is 0 Å². The molecule has 0 bridgehead atoms. The van der Waals surface area contributed by atoms with E-state index in [1.165, 1.54) is 18.2 Å². The number of nitrogens with zero attached hydrogens (tertiary/aromatic N) is 1. The van der Waals surface area contributed by atoms with Crippen LogP contribution in [0.3, 0.4) is 0 Å². The first-order valence-corrected chi connectivity index (χ1v) is 9.28. The molecule has 0 saturated heterocycles. The topological polar surface area (TPSA) is 72.4 Å². The molecule has 1 aromatic heterocycles. The molecule has 2 aromatic carbocycles. The van der Waals surface area contributed by atoms with Gasteiger partial charge in [0.05, 0.1) is 6.54 Å². The number of aromatic nitrogens is 1. The molecule has 0 aliphatic rings. The summed E-state index contributed by atoms with van der Waals surface area (Å²) in [6.45, 7) is 3.25. The Morgan fingerprint density at radius 3 is 2.79 bits per heavy atom. The Morgan fingerprint density at radius 1 is 1.18 bits per heavy atom. The zero-order chi connectivity index (χ0) is 19.9. The van der Waals surface area contributed by atoms with E-state index < -0.39 is 11.9 Å². The minimum absolute atomic E-state index is 0.0443. The molecule has 3 aromatic rings. The van der Waals surface area contributed by atoms with Crippen molar-refractivity contribution in [2.45, 2.75) is 19.4 Å². The molecule has 0 aliphatic heterocycles. The van der Waals surface area contributed by atoms with Crippen molar-refractivity contribution < 1.29 is 13.9 Å². The summed E-state index contributed by atoms with van der Waals surface area (Å²) in [6.07, 6.45) is 1.57. The summed E-state index contributed by atoms with van der Waals surface area (Å²) in [5.41, 5.74) is 2.07. The largest absolute Gasteiger partial charge is 0.386 e. The molecule has 4 N–H and O–H groups in total. The first-order chi connectivity index (χ1) is 13.6. The third-order valence-corrected chi connectivity index (χ3v) is 4.45. The maximum Gasteiger partial charge on any atom is 0.191 e. The molecule has 0 spiro atoms. The van der Waals surface area contributed by atoms with Gasteiger partial charge in [0, 0.05) is 35.8 Å². The number of rotatable bonds is 7. The Morgan fingerprint density at radius 2 is 2.00 bits per heavy atom. The summed E-state index contributed by atoms with van der Waals surface area (Å²) in [5.74, 6) is -0.170. The van der Waals surface area contributed by atoms with Gasteiger partial charge in [-0.1, -0.05) is 18.2 Å². The van der Waals surface area contributed by atoms with Crippen molar-refractivity contribution in [3.05, 3.63) is 71.4 Å². The highest BCUT2D eigenvalue weighted by atomic mass is 19.1. The second kappa shape index (κ2) is 9.32. The van der Waals surface area contributed by atoms with Crippen molar-refractivity contribution in [2.75, 3.05) is 19.6 Å². The number of H-pyrrole nitrogens is 1. The SMILES string of the molecule is CCNC(=NCC(O)c1ccccc1F)NCCc1c[nH]c2cc(F)ccc12. The number of aromatic amines is 1. The van der Waals surface area contributed by atoms with E-state index in [-0.39, 0.29) is 17.9 Å². The minimum Gasteiger partial charge on any atom is -0.386 e. The highest BCUT2D eigenvalue weighted by molar-refractivity contribution is 5.83. The minimum atomic E-state index is -1.01. The van der Waals surface area contributed by atoms with E-state index in [2.05, 4.69) is 20.6 Å². The predicted molar refractivity (Wildman–Crippen MR) is 107 cm³/mol. The molecular formula is C21H24F2N4O. The van der Waals surface area contributed by atoms with Crippen LogP contribution in [0.4, 0.5) is 8.78 Å². The van der Waals surface area contributed by atoms with Crippen molar-refractivity contribution in [1.29, 1.82) is 0 Å². The molecule has 3 rings (SSSR count). The Kier molecular flexibility index (Phi) is 6.60. The van der Waals surface area contributed by atoms with E-state index in [1.54, 1.807) is 24.3 Å². The van der Waals surface area contributed by atoms with Gasteiger partial charge in [0.25, 0.3) is 0 Å². The molecule has 5 nitrogen and oxygen atoms in total. The van der Waals surface area contributed by atoms with Crippen LogP contribution in [0.15, 0.2) is 53.7 Å². The van der Waals surface area contributed by atoms with Crippen LogP contribution in [0.1, 0.15) is 24.2 Å². The zero-order valence-corrected chi connectivity index (χ0v) is 15.7. The Balaban J connectivity index is 1.59. The van der Waals surface area contributed by atoms with Gasteiger partial charge in [-0.2, -0.15) is 0 Å². The number of aliphatic hydroxyl groups excluding tert-OH is 1. The average Bonchev–Trinajstić information content (AvgIpc) is 3.08. The number of halogens is 2. The Labute approximate surface area is 162 Å². The molecule has 0 saturated carbocycles. The normalized spacial score (nSPS) is 12.9. The summed E-state index contributed by atoms with van der Waals surface area (Å²) < 4.78 is 27.0. The van der Waals surface area contributed by atoms with E-state index in [1.807, 2.05) is 13.1 Å². The molecule has 0 radical (unpaired) electrons. The number of hydrogen-bond acceptors (Lipinski definition) is 2. The number of hydrogen-bond donors (Lipinski definition) is 4. The number of guanidine groups is 1. The van der Waals surface area contributed by atoms with Crippen molar-refractivity contribution in [3.63, 3.8) is 0 Å². The molecule has 0 fully saturated rings. The van der Waals surface area contributed by atoms with Gasteiger partial charge in [-0.05, 0) is 43.2 Å². The quantitative estimate of drug-likeness (QED) is 0.372. The molecule has 28 heavy (non-hydrogen) atoms. The lowest BCUT2D eigenvalue weighted by Gasteiger charge is -2.13. The van der Waals surface area contributed by atoms with Crippen LogP contribution < -0.4 is 10.6 Å². The molecular weight excluding hydrogens is 362 g/mol. The molecule has 1 unspecified atom stereocenters. The molecule has 1 heterocycles. The standard InChI is InChI=1S/C21H24F2N4O/c1-2-24-21(27-13-20(28)17-5-3-4-6-18(17)23)25-10-9-14-12-26-19-11-15(22)7-8-16(14)19/h3-8,11-12,20,26,28H,2,9-10,13H2,1H3,(H2,24,25,27). The van der Waals surface area contributed by atoms with Gasteiger partial charge >= 0.3 is 0 Å². The molecule has 7 heteroatoms. The van der Waals surface area contributed by atoms with Crippen molar-refractivity contribution >= 4 is 16.9 Å². The van der Waals surface area contributed by atoms with Crippen LogP contribution in [0, 0.1) is 11.6 Å². The van der Waals surface area contributed by atoms with Crippen LogP contribution in [0.25, 0.3) is 10.9 Å². The fourth-order valence-corrected chi connectivity index (χ4v) is 3.04. The van der Waals surface area contributed by atoms with Gasteiger partial charge in [0.15, 0.2) is 5.96 Å². The number of aliphatic imine (C=N–C) groups is 1. The van der Waals surface area contributed by atoms with E-state index in [9.17, 15) is 13.9 Å². The summed E-state index contributed by atoms with van der Waals surface area (Å²) in [6, 6.07) is 10.8. The maximum atomic E-state index is 13.8. The maximum absolute atomic E-state index is 13.8. The van der Waals surface area contributed by atoms with Crippen LogP contribution in [-0.2, 0) is 6.42 Å². The smallest absolute Gasteiger partial charge is 0.191 e. The first kappa shape index (κ1) is 19.8. The molecule has 1 atom stereocenters. The lowest BCUT2D eigenvalue weighted by Crippen LogP contribution is -2.38. The fraction of sp³-hybridized carbons (Fsp3) is 0.286. The second-order valence-corrected chi connectivity index (χ2v) is 6.44. The second-order valence-electron chi connectivity index (χ2n) is 6.44. The summed E-state index contributed by atoms with van der Waals surface area (Å²) >= 11 is 0. The van der Waals surface area contributed by atoms with Crippen LogP contribution in [-0.4, -0.2) is 35.7 Å². The fourth-order valence-electron chi connectivity index (χ4n) is 3.04. The van der Waals surface area contributed by atoms with Gasteiger partial charge in [-0.25, -0.2) is 8.78 Å². The highest BCUT2D eigenvalue weighted by Gasteiger charge is 2.12. The van der Waals surface area contributed by atoms with E-state index in [0.717, 1.165) is 16.5 Å². The lowest BCUT2D eigenvalue weighted by molar-refractivity contribution is 0.182.